The van der Waals surface area contributed by atoms with Crippen molar-refractivity contribution in [3.05, 3.63) is 28.8 Å². The minimum Gasteiger partial charge on any atom is -0.493 e. The van der Waals surface area contributed by atoms with Crippen LogP contribution in [0.1, 0.15) is 43.4 Å². The Hall–Kier alpha value is -1.71. The molecule has 1 aromatic carbocycles. The zero-order chi connectivity index (χ0) is 15.3. The van der Waals surface area contributed by atoms with E-state index in [0.717, 1.165) is 18.6 Å². The molecule has 0 saturated heterocycles. The second-order valence-electron chi connectivity index (χ2n) is 6.03. The third-order valence-corrected chi connectivity index (χ3v) is 3.77. The highest BCUT2D eigenvalue weighted by Gasteiger charge is 2.22. The summed E-state index contributed by atoms with van der Waals surface area (Å²) in [7, 11) is 0. The normalized spacial score (nSPS) is 12.6. The molecule has 112 valence electrons. The number of hydrogen-bond acceptors (Lipinski definition) is 3. The third-order valence-electron chi connectivity index (χ3n) is 3.77. The first kappa shape index (κ1) is 16.3. The average molecular weight is 278 g/mol. The Morgan fingerprint density at radius 3 is 2.55 bits per heavy atom. The lowest BCUT2D eigenvalue weighted by molar-refractivity contribution is 0.276. The Morgan fingerprint density at radius 2 is 1.95 bits per heavy atom. The molecule has 0 aliphatic carbocycles. The SMILES string of the molecule is Cc1cc(C)c(C)c(OCCCC(C)(C)C(N)=NO)c1. The van der Waals surface area contributed by atoms with Gasteiger partial charge < -0.3 is 15.7 Å². The van der Waals surface area contributed by atoms with Crippen LogP contribution in [-0.2, 0) is 0 Å². The van der Waals surface area contributed by atoms with E-state index in [9.17, 15) is 0 Å². The van der Waals surface area contributed by atoms with Gasteiger partial charge in [-0.2, -0.15) is 0 Å². The molecule has 0 saturated carbocycles. The second-order valence-corrected chi connectivity index (χ2v) is 6.03. The molecule has 0 unspecified atom stereocenters. The topological polar surface area (TPSA) is 67.8 Å². The number of nitrogens with two attached hydrogens (primary N) is 1. The number of rotatable bonds is 6. The summed E-state index contributed by atoms with van der Waals surface area (Å²) in [5.41, 5.74) is 9.00. The summed E-state index contributed by atoms with van der Waals surface area (Å²) in [5.74, 6) is 1.21. The van der Waals surface area contributed by atoms with E-state index < -0.39 is 0 Å². The van der Waals surface area contributed by atoms with E-state index in [0.29, 0.717) is 6.61 Å². The Labute approximate surface area is 121 Å². The minimum atomic E-state index is -0.310. The molecule has 0 spiro atoms. The van der Waals surface area contributed by atoms with Crippen molar-refractivity contribution in [2.45, 2.75) is 47.5 Å². The quantitative estimate of drug-likeness (QED) is 0.275. The number of aryl methyl sites for hydroxylation is 2. The molecule has 0 heterocycles. The van der Waals surface area contributed by atoms with Crippen LogP contribution in [0, 0.1) is 26.2 Å². The number of oxime groups is 1. The molecule has 0 atom stereocenters. The Bertz CT molecular complexity index is 493. The highest BCUT2D eigenvalue weighted by molar-refractivity contribution is 5.85. The zero-order valence-corrected chi connectivity index (χ0v) is 13.2. The lowest BCUT2D eigenvalue weighted by Crippen LogP contribution is -2.32. The largest absolute Gasteiger partial charge is 0.493 e. The summed E-state index contributed by atoms with van der Waals surface area (Å²) >= 11 is 0. The number of ether oxygens (including phenoxy) is 1. The highest BCUT2D eigenvalue weighted by Crippen LogP contribution is 2.25. The summed E-state index contributed by atoms with van der Waals surface area (Å²) in [6, 6.07) is 4.22. The monoisotopic (exact) mass is 278 g/mol. The van der Waals surface area contributed by atoms with Crippen LogP contribution in [0.3, 0.4) is 0 Å². The molecule has 0 aliphatic rings. The summed E-state index contributed by atoms with van der Waals surface area (Å²) in [4.78, 5) is 0. The Kier molecular flexibility index (Phi) is 5.43. The minimum absolute atomic E-state index is 0.264. The van der Waals surface area contributed by atoms with E-state index in [1.807, 2.05) is 13.8 Å². The van der Waals surface area contributed by atoms with Gasteiger partial charge in [-0.3, -0.25) is 0 Å². The van der Waals surface area contributed by atoms with E-state index in [4.69, 9.17) is 15.7 Å². The fourth-order valence-corrected chi connectivity index (χ4v) is 2.11. The van der Waals surface area contributed by atoms with Crippen molar-refractivity contribution in [3.63, 3.8) is 0 Å². The molecule has 1 aromatic rings. The van der Waals surface area contributed by atoms with Gasteiger partial charge in [0.15, 0.2) is 0 Å². The maximum Gasteiger partial charge on any atom is 0.144 e. The number of hydrogen-bond donors (Lipinski definition) is 2. The van der Waals surface area contributed by atoms with Gasteiger partial charge in [-0.25, -0.2) is 0 Å². The molecular formula is C16H26N2O2. The van der Waals surface area contributed by atoms with Crippen molar-refractivity contribution in [3.8, 4) is 5.75 Å². The van der Waals surface area contributed by atoms with Gasteiger partial charge in [-0.05, 0) is 56.4 Å². The lowest BCUT2D eigenvalue weighted by Gasteiger charge is -2.22. The molecule has 0 aliphatic heterocycles. The first-order valence-electron chi connectivity index (χ1n) is 6.96. The Balaban J connectivity index is 2.54. The van der Waals surface area contributed by atoms with E-state index in [2.05, 4.69) is 38.1 Å². The molecular weight excluding hydrogens is 252 g/mol. The molecule has 0 fully saturated rings. The summed E-state index contributed by atoms with van der Waals surface area (Å²) in [6.07, 6.45) is 1.67. The van der Waals surface area contributed by atoms with Crippen LogP contribution in [0.2, 0.25) is 0 Å². The van der Waals surface area contributed by atoms with Gasteiger partial charge in [0.05, 0.1) is 6.61 Å². The van der Waals surface area contributed by atoms with E-state index in [1.54, 1.807) is 0 Å². The maximum atomic E-state index is 8.73. The summed E-state index contributed by atoms with van der Waals surface area (Å²) in [6.45, 7) is 10.8. The van der Waals surface area contributed by atoms with Crippen LogP contribution in [0.4, 0.5) is 0 Å². The van der Waals surface area contributed by atoms with Gasteiger partial charge in [0.25, 0.3) is 0 Å². The van der Waals surface area contributed by atoms with Crippen LogP contribution >= 0.6 is 0 Å². The molecule has 4 nitrogen and oxygen atoms in total. The molecule has 0 radical (unpaired) electrons. The van der Waals surface area contributed by atoms with Crippen molar-refractivity contribution in [1.29, 1.82) is 0 Å². The van der Waals surface area contributed by atoms with Crippen LogP contribution < -0.4 is 10.5 Å². The van der Waals surface area contributed by atoms with Crippen molar-refractivity contribution < 1.29 is 9.94 Å². The highest BCUT2D eigenvalue weighted by atomic mass is 16.5. The zero-order valence-electron chi connectivity index (χ0n) is 13.2. The van der Waals surface area contributed by atoms with Gasteiger partial charge in [0.2, 0.25) is 0 Å². The smallest absolute Gasteiger partial charge is 0.144 e. The van der Waals surface area contributed by atoms with E-state index in [-0.39, 0.29) is 11.3 Å². The molecule has 3 N–H and O–H groups in total. The van der Waals surface area contributed by atoms with Gasteiger partial charge in [0, 0.05) is 5.41 Å². The predicted molar refractivity (Wildman–Crippen MR) is 82.6 cm³/mol. The van der Waals surface area contributed by atoms with Crippen molar-refractivity contribution >= 4 is 5.84 Å². The fourth-order valence-electron chi connectivity index (χ4n) is 2.11. The van der Waals surface area contributed by atoms with Crippen molar-refractivity contribution in [2.75, 3.05) is 6.61 Å². The third kappa shape index (κ3) is 4.15. The summed E-state index contributed by atoms with van der Waals surface area (Å²) < 4.78 is 5.86. The van der Waals surface area contributed by atoms with Crippen molar-refractivity contribution in [1.82, 2.24) is 0 Å². The number of amidine groups is 1. The standard InChI is InChI=1S/C16H26N2O2/c1-11-9-12(2)13(3)14(10-11)20-8-6-7-16(4,5)15(17)18-19/h9-10,19H,6-8H2,1-5H3,(H2,17,18). The molecule has 0 bridgehead atoms. The van der Waals surface area contributed by atoms with Crippen LogP contribution in [-0.4, -0.2) is 17.6 Å². The second kappa shape index (κ2) is 6.64. The van der Waals surface area contributed by atoms with Gasteiger partial charge in [-0.15, -0.1) is 0 Å². The van der Waals surface area contributed by atoms with Crippen LogP contribution in [0.15, 0.2) is 17.3 Å². The van der Waals surface area contributed by atoms with E-state index >= 15 is 0 Å². The molecule has 4 heteroatoms. The lowest BCUT2D eigenvalue weighted by atomic mass is 9.87. The fraction of sp³-hybridized carbons (Fsp3) is 0.562. The number of benzene rings is 1. The average Bonchev–Trinajstić information content (AvgIpc) is 2.38. The predicted octanol–water partition coefficient (Wildman–Crippen LogP) is 3.54. The van der Waals surface area contributed by atoms with Gasteiger partial charge >= 0.3 is 0 Å². The number of nitrogens with zero attached hydrogens (tertiary/aromatic N) is 1. The molecule has 1 rings (SSSR count). The maximum absolute atomic E-state index is 8.73. The van der Waals surface area contributed by atoms with Crippen LogP contribution in [0.5, 0.6) is 5.75 Å². The first-order valence-corrected chi connectivity index (χ1v) is 6.96. The molecule has 0 amide bonds. The van der Waals surface area contributed by atoms with Gasteiger partial charge in [-0.1, -0.05) is 25.1 Å². The Morgan fingerprint density at radius 1 is 1.30 bits per heavy atom. The first-order chi connectivity index (χ1) is 9.27. The van der Waals surface area contributed by atoms with E-state index in [1.165, 1.54) is 16.7 Å². The molecule has 20 heavy (non-hydrogen) atoms. The molecule has 0 aromatic heterocycles. The van der Waals surface area contributed by atoms with Crippen molar-refractivity contribution in [2.24, 2.45) is 16.3 Å². The van der Waals surface area contributed by atoms with Crippen LogP contribution in [0.25, 0.3) is 0 Å². The van der Waals surface area contributed by atoms with Gasteiger partial charge in [0.1, 0.15) is 11.6 Å². The summed E-state index contributed by atoms with van der Waals surface area (Å²) in [5, 5.41) is 11.8.